The summed E-state index contributed by atoms with van der Waals surface area (Å²) in [5, 5.41) is 13.6. The molecule has 0 aliphatic heterocycles. The van der Waals surface area contributed by atoms with E-state index in [0.717, 1.165) is 12.2 Å². The van der Waals surface area contributed by atoms with Crippen LogP contribution < -0.4 is 5.32 Å². The van der Waals surface area contributed by atoms with Crippen molar-refractivity contribution in [3.63, 3.8) is 0 Å². The molecule has 0 fully saturated rings. The molecule has 0 bridgehead atoms. The molecule has 6 heteroatoms. The van der Waals surface area contributed by atoms with Gasteiger partial charge < -0.3 is 10.1 Å². The van der Waals surface area contributed by atoms with Gasteiger partial charge in [-0.15, -0.1) is 0 Å². The van der Waals surface area contributed by atoms with E-state index in [4.69, 9.17) is 4.74 Å². The van der Waals surface area contributed by atoms with Crippen LogP contribution in [-0.4, -0.2) is 29.7 Å². The van der Waals surface area contributed by atoms with Gasteiger partial charge in [-0.1, -0.05) is 13.8 Å². The molecule has 0 aromatic carbocycles. The highest BCUT2D eigenvalue weighted by Gasteiger charge is 2.08. The molecule has 100 valence electrons. The van der Waals surface area contributed by atoms with E-state index in [1.807, 2.05) is 0 Å². The highest BCUT2D eigenvalue weighted by atomic mass is 16.6. The number of ether oxygens (including phenoxy) is 1. The molecule has 0 saturated heterocycles. The second-order valence-corrected chi connectivity index (χ2v) is 4.51. The Labute approximate surface area is 107 Å². The molecule has 1 aromatic rings. The summed E-state index contributed by atoms with van der Waals surface area (Å²) in [5.74, 6) is 1.18. The van der Waals surface area contributed by atoms with Gasteiger partial charge >= 0.3 is 0 Å². The van der Waals surface area contributed by atoms with Gasteiger partial charge in [0.2, 0.25) is 0 Å². The van der Waals surface area contributed by atoms with Crippen LogP contribution in [-0.2, 0) is 4.74 Å². The van der Waals surface area contributed by atoms with E-state index >= 15 is 0 Å². The molecule has 0 unspecified atom stereocenters. The molecule has 18 heavy (non-hydrogen) atoms. The molecule has 0 aliphatic carbocycles. The van der Waals surface area contributed by atoms with Crippen LogP contribution in [0.2, 0.25) is 0 Å². The van der Waals surface area contributed by atoms with Crippen LogP contribution in [0.1, 0.15) is 19.4 Å². The predicted molar refractivity (Wildman–Crippen MR) is 69.8 cm³/mol. The van der Waals surface area contributed by atoms with Gasteiger partial charge in [-0.3, -0.25) is 10.1 Å². The third kappa shape index (κ3) is 4.67. The molecule has 1 heterocycles. The number of anilines is 1. The van der Waals surface area contributed by atoms with Crippen LogP contribution in [0.25, 0.3) is 0 Å². The number of pyridine rings is 1. The summed E-state index contributed by atoms with van der Waals surface area (Å²) in [5.41, 5.74) is 0.766. The van der Waals surface area contributed by atoms with Crippen molar-refractivity contribution < 1.29 is 9.66 Å². The van der Waals surface area contributed by atoms with Gasteiger partial charge in [-0.2, -0.15) is 0 Å². The van der Waals surface area contributed by atoms with Crippen LogP contribution >= 0.6 is 0 Å². The van der Waals surface area contributed by atoms with Crippen molar-refractivity contribution in [2.45, 2.75) is 20.8 Å². The molecule has 0 saturated carbocycles. The van der Waals surface area contributed by atoms with Gasteiger partial charge in [0, 0.05) is 19.2 Å². The highest BCUT2D eigenvalue weighted by Crippen LogP contribution is 2.17. The summed E-state index contributed by atoms with van der Waals surface area (Å²) in [6.07, 6.45) is 1.25. The number of rotatable bonds is 7. The highest BCUT2D eigenvalue weighted by molar-refractivity contribution is 5.48. The first kappa shape index (κ1) is 14.4. The summed E-state index contributed by atoms with van der Waals surface area (Å²) in [6, 6.07) is 1.50. The Kier molecular flexibility index (Phi) is 5.51. The summed E-state index contributed by atoms with van der Waals surface area (Å²) in [6.45, 7) is 7.94. The zero-order valence-electron chi connectivity index (χ0n) is 11.0. The standard InChI is InChI=1S/C12H19N3O3/c1-9(2)8-18-5-4-13-12-10(3)6-11(7-14-12)15(16)17/h6-7,9H,4-5,8H2,1-3H3,(H,13,14). The smallest absolute Gasteiger partial charge is 0.287 e. The van der Waals surface area contributed by atoms with Crippen molar-refractivity contribution in [1.29, 1.82) is 0 Å². The fourth-order valence-electron chi connectivity index (χ4n) is 1.41. The minimum Gasteiger partial charge on any atom is -0.379 e. The van der Waals surface area contributed by atoms with Crippen LogP contribution in [0, 0.1) is 23.0 Å². The minimum atomic E-state index is -0.449. The quantitative estimate of drug-likeness (QED) is 0.458. The lowest BCUT2D eigenvalue weighted by atomic mass is 10.2. The van der Waals surface area contributed by atoms with E-state index < -0.39 is 4.92 Å². The molecule has 0 amide bonds. The Morgan fingerprint density at radius 3 is 2.83 bits per heavy atom. The second kappa shape index (κ2) is 6.90. The van der Waals surface area contributed by atoms with Crippen LogP contribution in [0.15, 0.2) is 12.3 Å². The van der Waals surface area contributed by atoms with Crippen LogP contribution in [0.3, 0.4) is 0 Å². The zero-order chi connectivity index (χ0) is 13.5. The number of aromatic nitrogens is 1. The number of hydrogen-bond acceptors (Lipinski definition) is 5. The average molecular weight is 253 g/mol. The van der Waals surface area contributed by atoms with Crippen molar-refractivity contribution in [3.8, 4) is 0 Å². The molecule has 6 nitrogen and oxygen atoms in total. The fourth-order valence-corrected chi connectivity index (χ4v) is 1.41. The van der Waals surface area contributed by atoms with Crippen LogP contribution in [0.5, 0.6) is 0 Å². The number of aryl methyl sites for hydroxylation is 1. The maximum absolute atomic E-state index is 10.6. The summed E-state index contributed by atoms with van der Waals surface area (Å²) < 4.78 is 5.42. The lowest BCUT2D eigenvalue weighted by Gasteiger charge is -2.09. The predicted octanol–water partition coefficient (Wildman–Crippen LogP) is 2.38. The van der Waals surface area contributed by atoms with E-state index in [1.54, 1.807) is 6.92 Å². The second-order valence-electron chi connectivity index (χ2n) is 4.51. The lowest BCUT2D eigenvalue weighted by Crippen LogP contribution is -2.13. The van der Waals surface area contributed by atoms with Crippen molar-refractivity contribution in [2.24, 2.45) is 5.92 Å². The molecule has 0 spiro atoms. The SMILES string of the molecule is Cc1cc([N+](=O)[O-])cnc1NCCOCC(C)C. The van der Waals surface area contributed by atoms with Gasteiger partial charge in [0.1, 0.15) is 12.0 Å². The summed E-state index contributed by atoms with van der Waals surface area (Å²) >= 11 is 0. The van der Waals surface area contributed by atoms with E-state index in [2.05, 4.69) is 24.1 Å². The average Bonchev–Trinajstić information content (AvgIpc) is 2.29. The van der Waals surface area contributed by atoms with Crippen molar-refractivity contribution in [1.82, 2.24) is 4.98 Å². The maximum atomic E-state index is 10.6. The largest absolute Gasteiger partial charge is 0.379 e. The van der Waals surface area contributed by atoms with Gasteiger partial charge in [0.15, 0.2) is 0 Å². The monoisotopic (exact) mass is 253 g/mol. The molecule has 0 radical (unpaired) electrons. The van der Waals surface area contributed by atoms with Crippen molar-refractivity contribution in [2.75, 3.05) is 25.1 Å². The Morgan fingerprint density at radius 2 is 2.28 bits per heavy atom. The fraction of sp³-hybridized carbons (Fsp3) is 0.583. The zero-order valence-corrected chi connectivity index (χ0v) is 11.0. The minimum absolute atomic E-state index is 0.00843. The number of hydrogen-bond donors (Lipinski definition) is 1. The number of nitrogens with zero attached hydrogens (tertiary/aromatic N) is 2. The van der Waals surface area contributed by atoms with Crippen molar-refractivity contribution in [3.05, 3.63) is 27.9 Å². The molecule has 1 rings (SSSR count). The Balaban J connectivity index is 2.41. The normalized spacial score (nSPS) is 10.7. The molecule has 1 N–H and O–H groups in total. The third-order valence-electron chi connectivity index (χ3n) is 2.26. The third-order valence-corrected chi connectivity index (χ3v) is 2.26. The molecular formula is C12H19N3O3. The van der Waals surface area contributed by atoms with Crippen molar-refractivity contribution >= 4 is 11.5 Å². The summed E-state index contributed by atoms with van der Waals surface area (Å²) in [7, 11) is 0. The Morgan fingerprint density at radius 1 is 1.56 bits per heavy atom. The summed E-state index contributed by atoms with van der Waals surface area (Å²) in [4.78, 5) is 14.1. The van der Waals surface area contributed by atoms with Gasteiger partial charge in [0.05, 0.1) is 11.5 Å². The van der Waals surface area contributed by atoms with E-state index in [1.165, 1.54) is 12.3 Å². The first-order chi connectivity index (χ1) is 8.50. The number of nitrogens with one attached hydrogen (secondary N) is 1. The van der Waals surface area contributed by atoms with E-state index in [0.29, 0.717) is 24.9 Å². The molecule has 1 aromatic heterocycles. The Hall–Kier alpha value is -1.69. The molecule has 0 atom stereocenters. The topological polar surface area (TPSA) is 77.3 Å². The van der Waals surface area contributed by atoms with E-state index in [9.17, 15) is 10.1 Å². The molecular weight excluding hydrogens is 234 g/mol. The number of nitro groups is 1. The maximum Gasteiger partial charge on any atom is 0.287 e. The Bertz CT molecular complexity index is 408. The first-order valence-corrected chi connectivity index (χ1v) is 5.93. The lowest BCUT2D eigenvalue weighted by molar-refractivity contribution is -0.385. The van der Waals surface area contributed by atoms with Gasteiger partial charge in [0.25, 0.3) is 5.69 Å². The molecule has 0 aliphatic rings. The van der Waals surface area contributed by atoms with Gasteiger partial charge in [-0.25, -0.2) is 4.98 Å². The van der Waals surface area contributed by atoms with Gasteiger partial charge in [-0.05, 0) is 18.4 Å². The van der Waals surface area contributed by atoms with E-state index in [-0.39, 0.29) is 5.69 Å². The first-order valence-electron chi connectivity index (χ1n) is 5.93. The van der Waals surface area contributed by atoms with Crippen LogP contribution in [0.4, 0.5) is 11.5 Å².